The van der Waals surface area contributed by atoms with Gasteiger partial charge in [-0.05, 0) is 12.1 Å². The predicted molar refractivity (Wildman–Crippen MR) is 64.5 cm³/mol. The topological polar surface area (TPSA) is 105 Å². The maximum atomic E-state index is 11.4. The van der Waals surface area contributed by atoms with Crippen molar-refractivity contribution in [3.8, 4) is 12.3 Å². The number of aromatic nitrogens is 1. The van der Waals surface area contributed by atoms with Crippen LogP contribution in [0.2, 0.25) is 0 Å². The SMILES string of the molecule is C#CCC(N)C(=O)NCc1cc(C(=O)O)ccn1. The second kappa shape index (κ2) is 6.37. The number of amides is 1. The monoisotopic (exact) mass is 247 g/mol. The largest absolute Gasteiger partial charge is 0.478 e. The predicted octanol–water partition coefficient (Wildman–Crippen LogP) is -0.253. The number of hydrogen-bond acceptors (Lipinski definition) is 4. The summed E-state index contributed by atoms with van der Waals surface area (Å²) in [5.74, 6) is 0.851. The Labute approximate surface area is 104 Å². The molecular formula is C12H13N3O3. The molecule has 1 unspecified atom stereocenters. The number of rotatable bonds is 5. The first-order chi connectivity index (χ1) is 8.54. The van der Waals surface area contributed by atoms with Crippen molar-refractivity contribution < 1.29 is 14.7 Å². The molecule has 0 fully saturated rings. The van der Waals surface area contributed by atoms with E-state index in [1.54, 1.807) is 0 Å². The van der Waals surface area contributed by atoms with Crippen molar-refractivity contribution in [3.05, 3.63) is 29.6 Å². The lowest BCUT2D eigenvalue weighted by atomic mass is 10.2. The minimum Gasteiger partial charge on any atom is -0.478 e. The molecule has 0 aliphatic rings. The van der Waals surface area contributed by atoms with Gasteiger partial charge in [0.2, 0.25) is 5.91 Å². The number of carboxylic acid groups (broad SMARTS) is 1. The fraction of sp³-hybridized carbons (Fsp3) is 0.250. The van der Waals surface area contributed by atoms with E-state index < -0.39 is 17.9 Å². The van der Waals surface area contributed by atoms with E-state index in [1.807, 2.05) is 0 Å². The van der Waals surface area contributed by atoms with Gasteiger partial charge >= 0.3 is 5.97 Å². The van der Waals surface area contributed by atoms with E-state index in [4.69, 9.17) is 17.3 Å². The molecule has 0 aliphatic heterocycles. The van der Waals surface area contributed by atoms with Crippen molar-refractivity contribution in [2.45, 2.75) is 19.0 Å². The molecule has 0 spiro atoms. The van der Waals surface area contributed by atoms with Gasteiger partial charge in [-0.2, -0.15) is 0 Å². The number of carbonyl (C=O) groups is 2. The van der Waals surface area contributed by atoms with Gasteiger partial charge in [0.25, 0.3) is 0 Å². The van der Waals surface area contributed by atoms with Gasteiger partial charge in [-0.25, -0.2) is 4.79 Å². The van der Waals surface area contributed by atoms with Crippen LogP contribution in [-0.2, 0) is 11.3 Å². The average Bonchev–Trinajstić information content (AvgIpc) is 2.36. The van der Waals surface area contributed by atoms with Crippen LogP contribution < -0.4 is 11.1 Å². The van der Waals surface area contributed by atoms with E-state index in [-0.39, 0.29) is 18.5 Å². The molecule has 0 aromatic carbocycles. The van der Waals surface area contributed by atoms with E-state index in [1.165, 1.54) is 18.3 Å². The Morgan fingerprint density at radius 3 is 2.94 bits per heavy atom. The van der Waals surface area contributed by atoms with E-state index in [0.29, 0.717) is 5.69 Å². The van der Waals surface area contributed by atoms with Crippen molar-refractivity contribution in [2.75, 3.05) is 0 Å². The lowest BCUT2D eigenvalue weighted by molar-refractivity contribution is -0.122. The summed E-state index contributed by atoms with van der Waals surface area (Å²) in [6, 6.07) is 1.99. The van der Waals surface area contributed by atoms with Crippen LogP contribution in [-0.4, -0.2) is 28.0 Å². The van der Waals surface area contributed by atoms with Crippen LogP contribution in [0.1, 0.15) is 22.5 Å². The second-order valence-corrected chi connectivity index (χ2v) is 3.57. The lowest BCUT2D eigenvalue weighted by Gasteiger charge is -2.09. The number of hydrogen-bond donors (Lipinski definition) is 3. The van der Waals surface area contributed by atoms with Crippen molar-refractivity contribution in [1.82, 2.24) is 10.3 Å². The molecule has 0 saturated heterocycles. The minimum atomic E-state index is -1.05. The maximum Gasteiger partial charge on any atom is 0.335 e. The zero-order valence-electron chi connectivity index (χ0n) is 9.59. The highest BCUT2D eigenvalue weighted by Gasteiger charge is 2.12. The summed E-state index contributed by atoms with van der Waals surface area (Å²) < 4.78 is 0. The number of terminal acetylenes is 1. The summed E-state index contributed by atoms with van der Waals surface area (Å²) in [6.07, 6.45) is 6.55. The molecule has 0 aliphatic carbocycles. The van der Waals surface area contributed by atoms with Gasteiger partial charge in [0.15, 0.2) is 0 Å². The van der Waals surface area contributed by atoms with Crippen LogP contribution in [0.5, 0.6) is 0 Å². The highest BCUT2D eigenvalue weighted by atomic mass is 16.4. The van der Waals surface area contributed by atoms with Crippen molar-refractivity contribution in [1.29, 1.82) is 0 Å². The Morgan fingerprint density at radius 1 is 1.61 bits per heavy atom. The van der Waals surface area contributed by atoms with Gasteiger partial charge < -0.3 is 16.2 Å². The fourth-order valence-corrected chi connectivity index (χ4v) is 1.24. The van der Waals surface area contributed by atoms with Gasteiger partial charge in [-0.3, -0.25) is 9.78 Å². The molecule has 1 aromatic heterocycles. The normalized spacial score (nSPS) is 11.3. The molecule has 6 heteroatoms. The van der Waals surface area contributed by atoms with Crippen LogP contribution in [0.25, 0.3) is 0 Å². The molecule has 1 atom stereocenters. The Kier molecular flexibility index (Phi) is 4.84. The molecule has 1 rings (SSSR count). The van der Waals surface area contributed by atoms with Crippen LogP contribution in [0.3, 0.4) is 0 Å². The molecule has 0 saturated carbocycles. The Morgan fingerprint density at radius 2 is 2.33 bits per heavy atom. The van der Waals surface area contributed by atoms with Gasteiger partial charge in [-0.1, -0.05) is 0 Å². The van der Waals surface area contributed by atoms with Gasteiger partial charge in [0.1, 0.15) is 0 Å². The summed E-state index contributed by atoms with van der Waals surface area (Å²) >= 11 is 0. The molecule has 1 heterocycles. The summed E-state index contributed by atoms with van der Waals surface area (Å²) in [6.45, 7) is 0.109. The number of aromatic carboxylic acids is 1. The van der Waals surface area contributed by atoms with E-state index in [0.717, 1.165) is 0 Å². The van der Waals surface area contributed by atoms with E-state index >= 15 is 0 Å². The third kappa shape index (κ3) is 3.88. The summed E-state index contributed by atoms with van der Waals surface area (Å²) in [7, 11) is 0. The minimum absolute atomic E-state index is 0.109. The number of nitrogens with two attached hydrogens (primary N) is 1. The van der Waals surface area contributed by atoms with Crippen molar-refractivity contribution >= 4 is 11.9 Å². The summed E-state index contributed by atoms with van der Waals surface area (Å²) in [5, 5.41) is 11.3. The Hall–Kier alpha value is -2.39. The van der Waals surface area contributed by atoms with Crippen LogP contribution in [0, 0.1) is 12.3 Å². The highest BCUT2D eigenvalue weighted by Crippen LogP contribution is 2.01. The lowest BCUT2D eigenvalue weighted by Crippen LogP contribution is -2.40. The maximum absolute atomic E-state index is 11.4. The molecular weight excluding hydrogens is 234 g/mol. The standard InChI is InChI=1S/C12H13N3O3/c1-2-3-10(13)11(16)15-7-9-6-8(12(17)18)4-5-14-9/h1,4-6,10H,3,7,13H2,(H,15,16)(H,17,18). The third-order valence-corrected chi connectivity index (χ3v) is 2.18. The highest BCUT2D eigenvalue weighted by molar-refractivity contribution is 5.87. The van der Waals surface area contributed by atoms with Crippen LogP contribution in [0.15, 0.2) is 18.3 Å². The molecule has 94 valence electrons. The molecule has 0 bridgehead atoms. The number of pyridine rings is 1. The summed E-state index contributed by atoms with van der Waals surface area (Å²) in [5.41, 5.74) is 6.05. The first kappa shape index (κ1) is 13.7. The molecule has 4 N–H and O–H groups in total. The van der Waals surface area contributed by atoms with Crippen molar-refractivity contribution in [3.63, 3.8) is 0 Å². The van der Waals surface area contributed by atoms with E-state index in [2.05, 4.69) is 16.2 Å². The van der Waals surface area contributed by atoms with Crippen molar-refractivity contribution in [2.24, 2.45) is 5.73 Å². The average molecular weight is 247 g/mol. The third-order valence-electron chi connectivity index (χ3n) is 2.18. The zero-order valence-corrected chi connectivity index (χ0v) is 9.59. The second-order valence-electron chi connectivity index (χ2n) is 3.57. The van der Waals surface area contributed by atoms with Gasteiger partial charge in [-0.15, -0.1) is 12.3 Å². The van der Waals surface area contributed by atoms with Crippen LogP contribution >= 0.6 is 0 Å². The Bertz CT molecular complexity index is 494. The zero-order chi connectivity index (χ0) is 13.5. The molecule has 6 nitrogen and oxygen atoms in total. The molecule has 1 aromatic rings. The number of nitrogens with zero attached hydrogens (tertiary/aromatic N) is 1. The quantitative estimate of drug-likeness (QED) is 0.622. The molecule has 0 radical (unpaired) electrons. The fourth-order valence-electron chi connectivity index (χ4n) is 1.24. The molecule has 18 heavy (non-hydrogen) atoms. The van der Waals surface area contributed by atoms with E-state index in [9.17, 15) is 9.59 Å². The first-order valence-corrected chi connectivity index (χ1v) is 5.19. The molecule has 1 amide bonds. The number of carbonyl (C=O) groups excluding carboxylic acids is 1. The van der Waals surface area contributed by atoms with Crippen LogP contribution in [0.4, 0.5) is 0 Å². The van der Waals surface area contributed by atoms with Gasteiger partial charge in [0, 0.05) is 12.6 Å². The number of nitrogens with one attached hydrogen (secondary N) is 1. The van der Waals surface area contributed by atoms with Gasteiger partial charge in [0.05, 0.1) is 23.8 Å². The summed E-state index contributed by atoms with van der Waals surface area (Å²) in [4.78, 5) is 26.1. The smallest absolute Gasteiger partial charge is 0.335 e. The number of carboxylic acids is 1. The Balaban J connectivity index is 2.59. The first-order valence-electron chi connectivity index (χ1n) is 5.19.